The molecule has 0 saturated carbocycles. The Bertz CT molecular complexity index is 589. The molecular formula is C16H12O2. The Labute approximate surface area is 106 Å². The molecular weight excluding hydrogens is 224 g/mol. The maximum Gasteiger partial charge on any atom is 0.335 e. The highest BCUT2D eigenvalue weighted by molar-refractivity contribution is 5.87. The van der Waals surface area contributed by atoms with E-state index in [1.807, 2.05) is 42.5 Å². The molecule has 0 spiro atoms. The Morgan fingerprint density at radius 1 is 0.889 bits per heavy atom. The Morgan fingerprint density at radius 3 is 2.00 bits per heavy atom. The molecule has 2 nitrogen and oxygen atoms in total. The van der Waals surface area contributed by atoms with E-state index in [2.05, 4.69) is 5.73 Å². The van der Waals surface area contributed by atoms with E-state index in [-0.39, 0.29) is 0 Å². The van der Waals surface area contributed by atoms with Crippen LogP contribution in [0.5, 0.6) is 0 Å². The smallest absolute Gasteiger partial charge is 0.335 e. The van der Waals surface area contributed by atoms with E-state index in [0.717, 1.165) is 11.1 Å². The van der Waals surface area contributed by atoms with Crippen molar-refractivity contribution in [2.45, 2.75) is 0 Å². The average molecular weight is 236 g/mol. The van der Waals surface area contributed by atoms with Gasteiger partial charge in [0, 0.05) is 0 Å². The van der Waals surface area contributed by atoms with Crippen molar-refractivity contribution < 1.29 is 9.90 Å². The van der Waals surface area contributed by atoms with Crippen LogP contribution in [0, 0.1) is 0 Å². The van der Waals surface area contributed by atoms with Gasteiger partial charge in [0.2, 0.25) is 0 Å². The van der Waals surface area contributed by atoms with Crippen LogP contribution in [-0.2, 0) is 0 Å². The fourth-order valence-electron chi connectivity index (χ4n) is 1.51. The largest absolute Gasteiger partial charge is 0.478 e. The summed E-state index contributed by atoms with van der Waals surface area (Å²) in [5, 5.41) is 8.77. The van der Waals surface area contributed by atoms with Crippen molar-refractivity contribution in [3.05, 3.63) is 77.0 Å². The van der Waals surface area contributed by atoms with E-state index < -0.39 is 5.97 Å². The van der Waals surface area contributed by atoms with Gasteiger partial charge in [0.05, 0.1) is 5.56 Å². The van der Waals surface area contributed by atoms with Crippen LogP contribution in [-0.4, -0.2) is 11.1 Å². The van der Waals surface area contributed by atoms with Gasteiger partial charge >= 0.3 is 5.97 Å². The van der Waals surface area contributed by atoms with Crippen molar-refractivity contribution in [1.82, 2.24) is 0 Å². The molecule has 0 unspecified atom stereocenters. The van der Waals surface area contributed by atoms with Crippen molar-refractivity contribution in [2.24, 2.45) is 0 Å². The zero-order valence-corrected chi connectivity index (χ0v) is 9.71. The van der Waals surface area contributed by atoms with Crippen molar-refractivity contribution in [2.75, 3.05) is 0 Å². The molecule has 0 aliphatic rings. The van der Waals surface area contributed by atoms with Crippen LogP contribution in [0.15, 0.2) is 60.3 Å². The van der Waals surface area contributed by atoms with Crippen molar-refractivity contribution in [3.63, 3.8) is 0 Å². The summed E-state index contributed by atoms with van der Waals surface area (Å²) in [6, 6.07) is 16.6. The van der Waals surface area contributed by atoms with Crippen molar-refractivity contribution in [3.8, 4) is 0 Å². The first-order valence-corrected chi connectivity index (χ1v) is 5.56. The predicted octanol–water partition coefficient (Wildman–Crippen LogP) is 3.71. The fraction of sp³-hybridized carbons (Fsp3) is 0. The van der Waals surface area contributed by atoms with Gasteiger partial charge < -0.3 is 5.11 Å². The highest BCUT2D eigenvalue weighted by Crippen LogP contribution is 2.06. The van der Waals surface area contributed by atoms with E-state index in [4.69, 9.17) is 5.11 Å². The van der Waals surface area contributed by atoms with Crippen LogP contribution in [0.2, 0.25) is 0 Å². The summed E-state index contributed by atoms with van der Waals surface area (Å²) in [5.74, 6) is -0.912. The van der Waals surface area contributed by atoms with Gasteiger partial charge in [-0.3, -0.25) is 0 Å². The van der Waals surface area contributed by atoms with Gasteiger partial charge in [-0.15, -0.1) is 5.73 Å². The van der Waals surface area contributed by atoms with E-state index in [1.165, 1.54) is 0 Å². The lowest BCUT2D eigenvalue weighted by Gasteiger charge is -1.94. The molecule has 18 heavy (non-hydrogen) atoms. The number of aromatic carboxylic acids is 1. The van der Waals surface area contributed by atoms with Crippen molar-refractivity contribution in [1.29, 1.82) is 0 Å². The quantitative estimate of drug-likeness (QED) is 0.825. The van der Waals surface area contributed by atoms with Crippen LogP contribution in [0.25, 0.3) is 12.2 Å². The molecule has 0 saturated heterocycles. The molecule has 0 aromatic heterocycles. The van der Waals surface area contributed by atoms with Crippen LogP contribution in [0.4, 0.5) is 0 Å². The lowest BCUT2D eigenvalue weighted by atomic mass is 10.1. The summed E-state index contributed by atoms with van der Waals surface area (Å²) in [5.41, 5.74) is 5.36. The first-order chi connectivity index (χ1) is 8.75. The first kappa shape index (κ1) is 11.9. The second kappa shape index (κ2) is 5.67. The number of benzene rings is 2. The molecule has 0 radical (unpaired) electrons. The van der Waals surface area contributed by atoms with Gasteiger partial charge in [-0.05, 0) is 35.4 Å². The van der Waals surface area contributed by atoms with E-state index >= 15 is 0 Å². The molecule has 2 aromatic rings. The van der Waals surface area contributed by atoms with Crippen LogP contribution in [0.1, 0.15) is 21.5 Å². The summed E-state index contributed by atoms with van der Waals surface area (Å²) >= 11 is 0. The van der Waals surface area contributed by atoms with Gasteiger partial charge in [0.15, 0.2) is 0 Å². The normalized spacial score (nSPS) is 9.33. The summed E-state index contributed by atoms with van der Waals surface area (Å²) in [4.78, 5) is 10.7. The third-order valence-electron chi connectivity index (χ3n) is 2.46. The molecule has 0 amide bonds. The Kier molecular flexibility index (Phi) is 3.75. The topological polar surface area (TPSA) is 37.3 Å². The maximum atomic E-state index is 10.7. The lowest BCUT2D eigenvalue weighted by Crippen LogP contribution is -1.94. The van der Waals surface area contributed by atoms with Gasteiger partial charge in [0.25, 0.3) is 0 Å². The molecule has 0 fully saturated rings. The second-order valence-electron chi connectivity index (χ2n) is 3.79. The SMILES string of the molecule is O=C(O)c1ccc(C=C=Cc2ccccc2)cc1. The predicted molar refractivity (Wildman–Crippen MR) is 72.3 cm³/mol. The number of hydrogen-bond acceptors (Lipinski definition) is 1. The average Bonchev–Trinajstić information content (AvgIpc) is 2.40. The molecule has 1 N–H and O–H groups in total. The first-order valence-electron chi connectivity index (χ1n) is 5.56. The summed E-state index contributed by atoms with van der Waals surface area (Å²) in [6.07, 6.45) is 3.70. The maximum absolute atomic E-state index is 10.7. The standard InChI is InChI=1S/C16H12O2/c17-16(18)15-11-9-14(10-12-15)8-4-7-13-5-2-1-3-6-13/h1-3,5-12H,(H,17,18). The van der Waals surface area contributed by atoms with Gasteiger partial charge in [-0.2, -0.15) is 0 Å². The number of hydrogen-bond donors (Lipinski definition) is 1. The van der Waals surface area contributed by atoms with E-state index in [9.17, 15) is 4.79 Å². The molecule has 2 heteroatoms. The Morgan fingerprint density at radius 2 is 1.44 bits per heavy atom. The molecule has 0 bridgehead atoms. The van der Waals surface area contributed by atoms with Crippen LogP contribution >= 0.6 is 0 Å². The number of carboxylic acids is 1. The van der Waals surface area contributed by atoms with E-state index in [1.54, 1.807) is 24.3 Å². The van der Waals surface area contributed by atoms with Gasteiger partial charge in [-0.25, -0.2) is 4.79 Å². The molecule has 0 aliphatic heterocycles. The molecule has 2 aromatic carbocycles. The minimum Gasteiger partial charge on any atom is -0.478 e. The number of carbonyl (C=O) groups is 1. The molecule has 0 atom stereocenters. The third kappa shape index (κ3) is 3.21. The highest BCUT2D eigenvalue weighted by atomic mass is 16.4. The zero-order valence-electron chi connectivity index (χ0n) is 9.71. The molecule has 88 valence electrons. The Hall–Kier alpha value is -2.57. The van der Waals surface area contributed by atoms with Gasteiger partial charge in [0.1, 0.15) is 0 Å². The van der Waals surface area contributed by atoms with Crippen LogP contribution in [0.3, 0.4) is 0 Å². The second-order valence-corrected chi connectivity index (χ2v) is 3.79. The lowest BCUT2D eigenvalue weighted by molar-refractivity contribution is 0.0697. The van der Waals surface area contributed by atoms with Gasteiger partial charge in [-0.1, -0.05) is 42.5 Å². The van der Waals surface area contributed by atoms with E-state index in [0.29, 0.717) is 5.56 Å². The number of rotatable bonds is 3. The number of carboxylic acid groups (broad SMARTS) is 1. The highest BCUT2D eigenvalue weighted by Gasteiger charge is 1.99. The molecule has 0 aliphatic carbocycles. The molecule has 0 heterocycles. The summed E-state index contributed by atoms with van der Waals surface area (Å²) in [6.45, 7) is 0. The monoisotopic (exact) mass is 236 g/mol. The Balaban J connectivity index is 2.14. The summed E-state index contributed by atoms with van der Waals surface area (Å²) in [7, 11) is 0. The summed E-state index contributed by atoms with van der Waals surface area (Å²) < 4.78 is 0. The van der Waals surface area contributed by atoms with Crippen molar-refractivity contribution >= 4 is 18.1 Å². The fourth-order valence-corrected chi connectivity index (χ4v) is 1.51. The third-order valence-corrected chi connectivity index (χ3v) is 2.46. The van der Waals surface area contributed by atoms with Crippen LogP contribution < -0.4 is 0 Å². The zero-order chi connectivity index (χ0) is 12.8. The minimum absolute atomic E-state index is 0.291. The molecule has 2 rings (SSSR count). The minimum atomic E-state index is -0.912.